The molecule has 2 fully saturated rings. The normalized spacial score (nSPS) is 23.5. The van der Waals surface area contributed by atoms with Gasteiger partial charge in [0.25, 0.3) is 0 Å². The van der Waals surface area contributed by atoms with Gasteiger partial charge in [-0.25, -0.2) is 0 Å². The summed E-state index contributed by atoms with van der Waals surface area (Å²) >= 11 is 0. The van der Waals surface area contributed by atoms with Crippen molar-refractivity contribution in [2.24, 2.45) is 11.8 Å². The van der Waals surface area contributed by atoms with Gasteiger partial charge in [0.05, 0.1) is 19.1 Å². The van der Waals surface area contributed by atoms with Gasteiger partial charge >= 0.3 is 0 Å². The van der Waals surface area contributed by atoms with Gasteiger partial charge in [-0.1, -0.05) is 125 Å². The first kappa shape index (κ1) is 86.8. The van der Waals surface area contributed by atoms with Gasteiger partial charge in [-0.3, -0.25) is 67.1 Å². The first-order chi connectivity index (χ1) is 49.9. The number of likely N-dealkylation sites (tertiary alicyclic amines) is 1. The van der Waals surface area contributed by atoms with Crippen molar-refractivity contribution >= 4 is 82.7 Å². The summed E-state index contributed by atoms with van der Waals surface area (Å²) < 4.78 is 0. The predicted molar refractivity (Wildman–Crippen MR) is 398 cm³/mol. The second-order valence-corrected chi connectivity index (χ2v) is 28.8. The molecule has 2 heterocycles. The summed E-state index contributed by atoms with van der Waals surface area (Å²) in [6, 6.07) is 11.3. The second-order valence-electron chi connectivity index (χ2n) is 28.8. The van der Waals surface area contributed by atoms with Crippen LogP contribution in [-0.2, 0) is 86.4 Å². The van der Waals surface area contributed by atoms with Crippen molar-refractivity contribution in [3.05, 3.63) is 108 Å². The molecule has 0 spiro atoms. The molecule has 3 aromatic carbocycles. The molecule has 5 rings (SSSR count). The Balaban J connectivity index is 1.63. The lowest BCUT2D eigenvalue weighted by molar-refractivity contribution is -0.153. The predicted octanol–water partition coefficient (Wildman–Crippen LogP) is 1.33. The maximum Gasteiger partial charge on any atom is 0.248 e. The van der Waals surface area contributed by atoms with E-state index in [-0.39, 0.29) is 44.6 Å². The summed E-state index contributed by atoms with van der Waals surface area (Å²) in [6.45, 7) is 14.0. The van der Waals surface area contributed by atoms with Gasteiger partial charge in [0.2, 0.25) is 82.7 Å². The molecule has 2 saturated heterocycles. The molecule has 0 saturated carbocycles. The Bertz CT molecular complexity index is 3560. The number of carbonyl (C=O) groups excluding carboxylic acids is 14. The number of aliphatic hydroxyl groups excluding tert-OH is 1. The van der Waals surface area contributed by atoms with Crippen LogP contribution in [0.4, 0.5) is 0 Å². The molecule has 2 aliphatic heterocycles. The van der Waals surface area contributed by atoms with Crippen molar-refractivity contribution in [2.45, 2.75) is 193 Å². The fourth-order valence-electron chi connectivity index (χ4n) is 13.0. The lowest BCUT2D eigenvalue weighted by Crippen LogP contribution is -2.62. The largest absolute Gasteiger partial charge is 0.391 e. The van der Waals surface area contributed by atoms with Crippen LogP contribution in [0.15, 0.2) is 91.0 Å². The summed E-state index contributed by atoms with van der Waals surface area (Å²) in [5, 5.41) is 21.9. The number of aliphatic hydroxyl groups is 1. The molecular formula is C77H114N14O15. The number of amides is 14. The molecule has 106 heavy (non-hydrogen) atoms. The first-order valence-corrected chi connectivity index (χ1v) is 36.5. The minimum Gasteiger partial charge on any atom is -0.391 e. The Morgan fingerprint density at radius 3 is 1.55 bits per heavy atom. The molecule has 0 unspecified atom stereocenters. The second kappa shape index (κ2) is 40.1. The van der Waals surface area contributed by atoms with Gasteiger partial charge in [0, 0.05) is 109 Å². The van der Waals surface area contributed by atoms with Gasteiger partial charge in [0.1, 0.15) is 66.5 Å². The number of nitrogens with one attached hydrogen (secondary N) is 4. The monoisotopic (exact) mass is 1470 g/mol. The van der Waals surface area contributed by atoms with Crippen molar-refractivity contribution in [3.8, 4) is 0 Å². The van der Waals surface area contributed by atoms with E-state index in [1.807, 2.05) is 0 Å². The molecule has 0 aliphatic carbocycles. The van der Waals surface area contributed by atoms with Gasteiger partial charge < -0.3 is 75.4 Å². The van der Waals surface area contributed by atoms with Crippen molar-refractivity contribution in [2.75, 3.05) is 89.6 Å². The molecule has 582 valence electrons. The van der Waals surface area contributed by atoms with E-state index in [1.165, 1.54) is 101 Å². The Kier molecular flexibility index (Phi) is 32.8. The summed E-state index contributed by atoms with van der Waals surface area (Å²) in [4.78, 5) is 217. The smallest absolute Gasteiger partial charge is 0.248 e. The zero-order valence-corrected chi connectivity index (χ0v) is 65.1. The van der Waals surface area contributed by atoms with E-state index in [4.69, 9.17) is 0 Å². The van der Waals surface area contributed by atoms with Gasteiger partial charge in [-0.2, -0.15) is 0 Å². The molecule has 29 nitrogen and oxygen atoms in total. The van der Waals surface area contributed by atoms with Crippen molar-refractivity contribution in [3.63, 3.8) is 0 Å². The Morgan fingerprint density at radius 2 is 1.03 bits per heavy atom. The van der Waals surface area contributed by atoms with Gasteiger partial charge in [0.15, 0.2) is 0 Å². The lowest BCUT2D eigenvalue weighted by Gasteiger charge is -2.38. The fraction of sp³-hybridized carbons (Fsp3) is 0.584. The number of piperidine rings is 1. The van der Waals surface area contributed by atoms with Crippen LogP contribution in [0.2, 0.25) is 0 Å². The number of benzene rings is 3. The highest BCUT2D eigenvalue weighted by atomic mass is 16.3. The van der Waals surface area contributed by atoms with Crippen LogP contribution in [0.1, 0.15) is 118 Å². The minimum absolute atomic E-state index is 0.0133. The molecule has 0 bridgehead atoms. The number of likely N-dealkylation sites (N-methyl/N-ethyl adjacent to an activating group) is 8. The van der Waals surface area contributed by atoms with Crippen LogP contribution in [0.3, 0.4) is 0 Å². The SMILES string of the molecule is CC[C@H](C)[C@@H]1NC(=O)[C@H](Cc2ccccc2)N(C)C(=O)[C@H](C)N(C)C(=O)CN(C)C(=O)[C@H]([C@@H](C)O)NC(=O)[C@H](C)N(C)C(=O)[C@H](C(C)C)N(C)C(=O)[C@H](C)N(C)C(=O)CCN(C)C(=O)C[C@@H](C(=O)N(C)[C@@H](Cc2ccccc2)C(=O)N(C)[C@@H](Cc2ccccc2)C(=O)N[C@@H](C)C(=O)N2CCCCC2)NC1=O. The summed E-state index contributed by atoms with van der Waals surface area (Å²) in [6.07, 6.45) is -0.126. The summed E-state index contributed by atoms with van der Waals surface area (Å²) in [7, 11) is 12.1. The average molecular weight is 1480 g/mol. The quantitative estimate of drug-likeness (QED) is 0.127. The van der Waals surface area contributed by atoms with E-state index in [0.717, 1.165) is 53.6 Å². The third kappa shape index (κ3) is 22.9. The Hall–Kier alpha value is -9.80. The zero-order valence-electron chi connectivity index (χ0n) is 65.1. The Morgan fingerprint density at radius 1 is 0.528 bits per heavy atom. The van der Waals surface area contributed by atoms with Gasteiger partial charge in [-0.15, -0.1) is 0 Å². The van der Waals surface area contributed by atoms with Crippen LogP contribution in [-0.4, -0.2) is 299 Å². The molecule has 2 aliphatic rings. The molecule has 5 N–H and O–H groups in total. The van der Waals surface area contributed by atoms with Crippen LogP contribution < -0.4 is 21.3 Å². The van der Waals surface area contributed by atoms with Crippen LogP contribution in [0.5, 0.6) is 0 Å². The van der Waals surface area contributed by atoms with Crippen LogP contribution >= 0.6 is 0 Å². The highest BCUT2D eigenvalue weighted by molar-refractivity contribution is 6.00. The maximum absolute atomic E-state index is 15.8. The van der Waals surface area contributed by atoms with Crippen molar-refractivity contribution < 1.29 is 72.2 Å². The highest BCUT2D eigenvalue weighted by Gasteiger charge is 2.44. The van der Waals surface area contributed by atoms with E-state index < -0.39 is 174 Å². The third-order valence-electron chi connectivity index (χ3n) is 20.8. The number of rotatable bonds is 17. The Labute approximate surface area is 624 Å². The van der Waals surface area contributed by atoms with Crippen molar-refractivity contribution in [1.82, 2.24) is 70.3 Å². The highest BCUT2D eigenvalue weighted by Crippen LogP contribution is 2.23. The summed E-state index contributed by atoms with van der Waals surface area (Å²) in [5.74, 6) is -11.7. The standard InChI is InChI=1S/C77H114N14O15/c1-19-48(4)64-70(99)79-57(74(103)89(17)60(44-56-36-28-22-29-37-56)75(104)88(16)58(42-54-32-24-20-25-33-54)68(97)78-49(5)71(100)91-39-30-23-31-40-91)45-62(94)82(10)41-38-61(93)84(12)52(8)73(102)90(18)66(47(2)3)77(106)86(14)50(6)67(96)81-65(53(9)92)76(105)83(11)46-63(95)85(13)51(7)72(101)87(15)59(69(98)80-64)43-55-34-26-21-27-35-55/h20-22,24-29,32-37,47-53,57-60,64-66,92H,19,23,30-31,38-46H2,1-18H3,(H,78,97)(H,79,99)(H,80,98)(H,81,96)/t48-,49-,50-,51-,52-,53+,57-,58-,59-,60-,64-,65-,66-/m0/s1. The molecule has 29 heteroatoms. The molecular weight excluding hydrogens is 1360 g/mol. The van der Waals surface area contributed by atoms with E-state index in [1.54, 1.807) is 131 Å². The number of hydrogen-bond donors (Lipinski definition) is 5. The summed E-state index contributed by atoms with van der Waals surface area (Å²) in [5.41, 5.74) is 1.85. The molecule has 14 amide bonds. The van der Waals surface area contributed by atoms with E-state index in [2.05, 4.69) is 21.3 Å². The fourth-order valence-corrected chi connectivity index (χ4v) is 13.0. The topological polar surface area (TPSA) is 340 Å². The lowest BCUT2D eigenvalue weighted by atomic mass is 9.96. The van der Waals surface area contributed by atoms with E-state index in [9.17, 15) is 53.1 Å². The average Bonchev–Trinajstić information content (AvgIpc) is 0.813. The molecule has 0 aromatic heterocycles. The number of hydrogen-bond acceptors (Lipinski definition) is 15. The van der Waals surface area contributed by atoms with Gasteiger partial charge in [-0.05, 0) is 82.4 Å². The number of carbonyl (C=O) groups is 14. The first-order valence-electron chi connectivity index (χ1n) is 36.5. The minimum atomic E-state index is -1.82. The zero-order chi connectivity index (χ0) is 79.3. The van der Waals surface area contributed by atoms with Crippen LogP contribution in [0, 0.1) is 11.8 Å². The maximum atomic E-state index is 15.8. The molecule has 13 atom stereocenters. The van der Waals surface area contributed by atoms with E-state index in [0.29, 0.717) is 29.8 Å². The van der Waals surface area contributed by atoms with Crippen LogP contribution in [0.25, 0.3) is 0 Å². The third-order valence-corrected chi connectivity index (χ3v) is 20.8. The van der Waals surface area contributed by atoms with Crippen molar-refractivity contribution in [1.29, 1.82) is 0 Å². The molecule has 0 radical (unpaired) electrons. The molecule has 3 aromatic rings. The number of nitrogens with zero attached hydrogens (tertiary/aromatic N) is 10. The van der Waals surface area contributed by atoms with E-state index >= 15 is 19.2 Å².